The fraction of sp³-hybridized carbons (Fsp3) is 0.476. The topological polar surface area (TPSA) is 108 Å². The highest BCUT2D eigenvalue weighted by Gasteiger charge is 2.32. The van der Waals surface area contributed by atoms with Crippen LogP contribution in [0.1, 0.15) is 36.8 Å². The lowest BCUT2D eigenvalue weighted by atomic mass is 9.93. The van der Waals surface area contributed by atoms with E-state index in [1.54, 1.807) is 6.07 Å². The minimum atomic E-state index is -4.48. The van der Waals surface area contributed by atoms with Gasteiger partial charge in [0.05, 0.1) is 12.2 Å². The molecule has 1 aliphatic carbocycles. The second kappa shape index (κ2) is 10.5. The van der Waals surface area contributed by atoms with Crippen molar-refractivity contribution in [3.63, 3.8) is 0 Å². The van der Waals surface area contributed by atoms with Crippen LogP contribution < -0.4 is 20.7 Å². The summed E-state index contributed by atoms with van der Waals surface area (Å²) in [4.78, 5) is 20.4. The van der Waals surface area contributed by atoms with Crippen LogP contribution in [0.3, 0.4) is 0 Å². The zero-order chi connectivity index (χ0) is 23.1. The molecule has 1 saturated carbocycles. The maximum Gasteiger partial charge on any atom is 0.416 e. The van der Waals surface area contributed by atoms with Gasteiger partial charge in [-0.1, -0.05) is 6.07 Å². The fourth-order valence-corrected chi connectivity index (χ4v) is 3.54. The van der Waals surface area contributed by atoms with Crippen molar-refractivity contribution >= 4 is 17.5 Å². The molecule has 0 unspecified atom stereocenters. The molecule has 3 rings (SSSR count). The number of carbonyl (C=O) groups excluding carboxylic acids is 1. The highest BCUT2D eigenvalue weighted by molar-refractivity contribution is 5.89. The Morgan fingerprint density at radius 2 is 1.94 bits per heavy atom. The molecule has 0 spiro atoms. The summed E-state index contributed by atoms with van der Waals surface area (Å²) in [6.45, 7) is 1.73. The SMILES string of the molecule is Cc1ccc(NC(=O)N[C@H]2CC[C@@H](Oc3cc(NCCO)ncn3)CC2)cc1C(F)(F)F. The van der Waals surface area contributed by atoms with Crippen molar-refractivity contribution in [2.24, 2.45) is 0 Å². The standard InChI is InChI=1S/C21H26F3N5O3/c1-13-2-3-15(10-17(13)21(22,23)24)29-20(31)28-14-4-6-16(7-5-14)32-19-11-18(25-8-9-30)26-12-27-19/h2-3,10-12,14,16,30H,4-9H2,1H3,(H,25,26,27)(H2,28,29,31)/t14-,16+. The van der Waals surface area contributed by atoms with E-state index >= 15 is 0 Å². The van der Waals surface area contributed by atoms with Gasteiger partial charge in [0.25, 0.3) is 0 Å². The second-order valence-corrected chi connectivity index (χ2v) is 7.61. The molecule has 174 valence electrons. The highest BCUT2D eigenvalue weighted by atomic mass is 19.4. The smallest absolute Gasteiger partial charge is 0.416 e. The Labute approximate surface area is 183 Å². The number of aromatic nitrogens is 2. The van der Waals surface area contributed by atoms with Gasteiger partial charge in [-0.25, -0.2) is 14.8 Å². The van der Waals surface area contributed by atoms with Crippen molar-refractivity contribution in [1.82, 2.24) is 15.3 Å². The monoisotopic (exact) mass is 453 g/mol. The quantitative estimate of drug-likeness (QED) is 0.509. The number of amides is 2. The molecule has 0 saturated heterocycles. The molecule has 8 nitrogen and oxygen atoms in total. The van der Waals surface area contributed by atoms with Gasteiger partial charge in [-0.3, -0.25) is 0 Å². The molecule has 32 heavy (non-hydrogen) atoms. The number of benzene rings is 1. The first-order valence-electron chi connectivity index (χ1n) is 10.3. The van der Waals surface area contributed by atoms with Crippen LogP contribution >= 0.6 is 0 Å². The van der Waals surface area contributed by atoms with E-state index in [0.717, 1.165) is 6.07 Å². The van der Waals surface area contributed by atoms with Gasteiger partial charge in [0, 0.05) is 24.3 Å². The summed E-state index contributed by atoms with van der Waals surface area (Å²) in [5.74, 6) is 0.982. The first kappa shape index (κ1) is 23.6. The van der Waals surface area contributed by atoms with Crippen LogP contribution in [0.25, 0.3) is 0 Å². The summed E-state index contributed by atoms with van der Waals surface area (Å²) in [5.41, 5.74) is -0.582. The molecule has 2 aromatic rings. The minimum Gasteiger partial charge on any atom is -0.474 e. The van der Waals surface area contributed by atoms with Crippen LogP contribution in [-0.2, 0) is 6.18 Å². The van der Waals surface area contributed by atoms with Crippen LogP contribution in [-0.4, -0.2) is 46.4 Å². The van der Waals surface area contributed by atoms with Crippen molar-refractivity contribution in [3.05, 3.63) is 41.7 Å². The van der Waals surface area contributed by atoms with E-state index in [0.29, 0.717) is 43.9 Å². The third-order valence-corrected chi connectivity index (χ3v) is 5.16. The van der Waals surface area contributed by atoms with E-state index in [2.05, 4.69) is 25.9 Å². The summed E-state index contributed by atoms with van der Waals surface area (Å²) >= 11 is 0. The average molecular weight is 453 g/mol. The largest absolute Gasteiger partial charge is 0.474 e. The number of hydrogen-bond donors (Lipinski definition) is 4. The Morgan fingerprint density at radius 3 is 2.62 bits per heavy atom. The molecule has 11 heteroatoms. The van der Waals surface area contributed by atoms with Gasteiger partial charge in [-0.15, -0.1) is 0 Å². The number of nitrogens with zero attached hydrogens (tertiary/aromatic N) is 2. The predicted molar refractivity (Wildman–Crippen MR) is 113 cm³/mol. The van der Waals surface area contributed by atoms with Crippen LogP contribution in [0.4, 0.5) is 29.5 Å². The van der Waals surface area contributed by atoms with Crippen LogP contribution in [0, 0.1) is 6.92 Å². The summed E-state index contributed by atoms with van der Waals surface area (Å²) in [7, 11) is 0. The zero-order valence-corrected chi connectivity index (χ0v) is 17.6. The first-order chi connectivity index (χ1) is 15.2. The van der Waals surface area contributed by atoms with Crippen molar-refractivity contribution in [1.29, 1.82) is 0 Å². The number of aliphatic hydroxyl groups is 1. The molecule has 1 heterocycles. The van der Waals surface area contributed by atoms with Gasteiger partial charge in [0.1, 0.15) is 18.2 Å². The number of halogens is 3. The molecule has 2 amide bonds. The highest BCUT2D eigenvalue weighted by Crippen LogP contribution is 2.33. The molecule has 4 N–H and O–H groups in total. The van der Waals surface area contributed by atoms with Crippen LogP contribution in [0.5, 0.6) is 5.88 Å². The van der Waals surface area contributed by atoms with Crippen LogP contribution in [0.2, 0.25) is 0 Å². The number of hydrogen-bond acceptors (Lipinski definition) is 6. The van der Waals surface area contributed by atoms with E-state index in [4.69, 9.17) is 9.84 Å². The number of alkyl halides is 3. The Bertz CT molecular complexity index is 918. The molecule has 1 aromatic heterocycles. The lowest BCUT2D eigenvalue weighted by molar-refractivity contribution is -0.138. The number of aliphatic hydroxyl groups excluding tert-OH is 1. The van der Waals surface area contributed by atoms with Gasteiger partial charge in [-0.05, 0) is 50.3 Å². The lowest BCUT2D eigenvalue weighted by Gasteiger charge is -2.29. The summed E-state index contributed by atoms with van der Waals surface area (Å²) in [6.07, 6.45) is -0.448. The fourth-order valence-electron chi connectivity index (χ4n) is 3.54. The number of carbonyl (C=O) groups is 1. The molecular weight excluding hydrogens is 427 g/mol. The lowest BCUT2D eigenvalue weighted by Crippen LogP contribution is -2.41. The maximum atomic E-state index is 13.0. The minimum absolute atomic E-state index is 0.0157. The maximum absolute atomic E-state index is 13.0. The zero-order valence-electron chi connectivity index (χ0n) is 17.6. The van der Waals surface area contributed by atoms with E-state index in [1.807, 2.05) is 0 Å². The number of rotatable bonds is 7. The van der Waals surface area contributed by atoms with E-state index < -0.39 is 17.8 Å². The first-order valence-corrected chi connectivity index (χ1v) is 10.3. The Hall–Kier alpha value is -3.08. The molecule has 1 aliphatic rings. The van der Waals surface area contributed by atoms with Crippen molar-refractivity contribution in [2.75, 3.05) is 23.8 Å². The van der Waals surface area contributed by atoms with Crippen molar-refractivity contribution < 1.29 is 27.8 Å². The normalized spacial score (nSPS) is 18.7. The average Bonchev–Trinajstić information content (AvgIpc) is 2.74. The third-order valence-electron chi connectivity index (χ3n) is 5.16. The number of ether oxygens (including phenoxy) is 1. The molecule has 1 aromatic carbocycles. The van der Waals surface area contributed by atoms with Crippen LogP contribution in [0.15, 0.2) is 30.6 Å². The number of aryl methyl sites for hydroxylation is 1. The summed E-state index contributed by atoms with van der Waals surface area (Å²) in [5, 5.41) is 17.1. The number of anilines is 2. The molecule has 1 fully saturated rings. The van der Waals surface area contributed by atoms with E-state index in [9.17, 15) is 18.0 Å². The van der Waals surface area contributed by atoms with Gasteiger partial charge in [0.2, 0.25) is 5.88 Å². The van der Waals surface area contributed by atoms with Gasteiger partial charge in [-0.2, -0.15) is 13.2 Å². The van der Waals surface area contributed by atoms with Gasteiger partial charge < -0.3 is 25.8 Å². The molecule has 0 atom stereocenters. The summed E-state index contributed by atoms with van der Waals surface area (Å²) in [6, 6.07) is 4.73. The molecule has 0 aliphatic heterocycles. The molecular formula is C21H26F3N5O3. The van der Waals surface area contributed by atoms with Crippen molar-refractivity contribution in [3.8, 4) is 5.88 Å². The van der Waals surface area contributed by atoms with Gasteiger partial charge in [0.15, 0.2) is 0 Å². The second-order valence-electron chi connectivity index (χ2n) is 7.61. The van der Waals surface area contributed by atoms with Crippen molar-refractivity contribution in [2.45, 2.75) is 50.9 Å². The number of urea groups is 1. The number of nitrogens with one attached hydrogen (secondary N) is 3. The molecule has 0 bridgehead atoms. The Morgan fingerprint density at radius 1 is 1.19 bits per heavy atom. The molecule has 0 radical (unpaired) electrons. The Kier molecular flexibility index (Phi) is 7.73. The third kappa shape index (κ3) is 6.71. The summed E-state index contributed by atoms with van der Waals surface area (Å²) < 4.78 is 45.0. The van der Waals surface area contributed by atoms with Gasteiger partial charge >= 0.3 is 12.2 Å². The van der Waals surface area contributed by atoms with E-state index in [1.165, 1.54) is 25.4 Å². The Balaban J connectivity index is 1.46. The predicted octanol–water partition coefficient (Wildman–Crippen LogP) is 3.72. The van der Waals surface area contributed by atoms with E-state index in [-0.39, 0.29) is 30.0 Å².